The van der Waals surface area contributed by atoms with Crippen molar-refractivity contribution < 1.29 is 0 Å². The van der Waals surface area contributed by atoms with Crippen LogP contribution in [0.3, 0.4) is 0 Å². The molecular formula is C31H30ClN7O. The van der Waals surface area contributed by atoms with E-state index >= 15 is 0 Å². The number of nitrogens with one attached hydrogen (secondary N) is 1. The van der Waals surface area contributed by atoms with Gasteiger partial charge in [-0.1, -0.05) is 35.9 Å². The molecule has 1 N–H and O–H groups in total. The van der Waals surface area contributed by atoms with Gasteiger partial charge < -0.3 is 10.2 Å². The fourth-order valence-electron chi connectivity index (χ4n) is 5.38. The maximum atomic E-state index is 13.4. The van der Waals surface area contributed by atoms with Gasteiger partial charge in [-0.25, -0.2) is 4.98 Å². The molecule has 9 heteroatoms. The summed E-state index contributed by atoms with van der Waals surface area (Å²) in [4.78, 5) is 33.7. The van der Waals surface area contributed by atoms with Gasteiger partial charge in [0.25, 0.3) is 5.56 Å². The summed E-state index contributed by atoms with van der Waals surface area (Å²) in [7, 11) is 3.89. The fraction of sp³-hybridized carbons (Fsp3) is 0.258. The summed E-state index contributed by atoms with van der Waals surface area (Å²) in [6, 6.07) is 15.9. The molecule has 1 fully saturated rings. The van der Waals surface area contributed by atoms with Crippen LogP contribution in [0.25, 0.3) is 33.4 Å². The molecule has 0 unspecified atom stereocenters. The highest BCUT2D eigenvalue weighted by Gasteiger charge is 2.19. The van der Waals surface area contributed by atoms with Crippen LogP contribution in [0.1, 0.15) is 30.0 Å². The molecule has 0 aliphatic carbocycles. The average molecular weight is 552 g/mol. The van der Waals surface area contributed by atoms with Gasteiger partial charge in [-0.05, 0) is 75.6 Å². The Labute approximate surface area is 237 Å². The van der Waals surface area contributed by atoms with E-state index < -0.39 is 0 Å². The summed E-state index contributed by atoms with van der Waals surface area (Å²) in [5, 5.41) is 4.48. The molecule has 0 amide bonds. The number of pyridine rings is 1. The van der Waals surface area contributed by atoms with Crippen LogP contribution in [-0.4, -0.2) is 49.5 Å². The number of anilines is 2. The predicted octanol–water partition coefficient (Wildman–Crippen LogP) is 5.97. The molecule has 2 aromatic carbocycles. The van der Waals surface area contributed by atoms with E-state index in [-0.39, 0.29) is 5.56 Å². The highest BCUT2D eigenvalue weighted by molar-refractivity contribution is 6.33. The van der Waals surface area contributed by atoms with Crippen LogP contribution < -0.4 is 10.9 Å². The molecule has 0 bridgehead atoms. The number of hydrogen-bond acceptors (Lipinski definition) is 7. The van der Waals surface area contributed by atoms with Gasteiger partial charge in [-0.15, -0.1) is 0 Å². The number of fused-ring (bicyclic) bond motifs is 1. The number of likely N-dealkylation sites (tertiary alicyclic amines) is 1. The van der Waals surface area contributed by atoms with Crippen molar-refractivity contribution in [1.29, 1.82) is 0 Å². The Morgan fingerprint density at radius 1 is 0.925 bits per heavy atom. The molecule has 3 aromatic heterocycles. The maximum Gasteiger partial charge on any atom is 0.259 e. The first-order valence-electron chi connectivity index (χ1n) is 13.4. The monoisotopic (exact) mass is 551 g/mol. The Balaban J connectivity index is 1.26. The van der Waals surface area contributed by atoms with E-state index in [0.717, 1.165) is 41.1 Å². The molecule has 4 heterocycles. The Morgan fingerprint density at radius 2 is 1.68 bits per heavy atom. The Hall–Kier alpha value is -4.14. The Kier molecular flexibility index (Phi) is 7.04. The van der Waals surface area contributed by atoms with Crippen LogP contribution in [0, 0.1) is 6.92 Å². The molecule has 40 heavy (non-hydrogen) atoms. The van der Waals surface area contributed by atoms with Crippen molar-refractivity contribution in [2.75, 3.05) is 25.5 Å². The van der Waals surface area contributed by atoms with E-state index in [1.807, 2.05) is 25.1 Å². The summed E-state index contributed by atoms with van der Waals surface area (Å²) in [5.41, 5.74) is 6.15. The molecule has 1 saturated heterocycles. The van der Waals surface area contributed by atoms with E-state index in [1.165, 1.54) is 23.0 Å². The highest BCUT2D eigenvalue weighted by atomic mass is 35.5. The van der Waals surface area contributed by atoms with Crippen LogP contribution in [0.2, 0.25) is 5.02 Å². The Bertz CT molecular complexity index is 1760. The van der Waals surface area contributed by atoms with Gasteiger partial charge in [0, 0.05) is 58.4 Å². The third kappa shape index (κ3) is 5.08. The smallest absolute Gasteiger partial charge is 0.259 e. The minimum Gasteiger partial charge on any atom is -0.324 e. The number of halogens is 1. The zero-order valence-corrected chi connectivity index (χ0v) is 23.5. The average Bonchev–Trinajstić information content (AvgIpc) is 2.96. The predicted molar refractivity (Wildman–Crippen MR) is 160 cm³/mol. The Morgan fingerprint density at radius 3 is 2.40 bits per heavy atom. The molecule has 0 atom stereocenters. The third-order valence-corrected chi connectivity index (χ3v) is 8.03. The minimum atomic E-state index is -0.190. The molecule has 8 nitrogen and oxygen atoms in total. The fourth-order valence-corrected chi connectivity index (χ4v) is 5.66. The van der Waals surface area contributed by atoms with E-state index in [9.17, 15) is 4.79 Å². The van der Waals surface area contributed by atoms with Gasteiger partial charge in [0.2, 0.25) is 5.95 Å². The number of aryl methyl sites for hydroxylation is 2. The molecule has 202 valence electrons. The quantitative estimate of drug-likeness (QED) is 0.288. The number of aromatic nitrogens is 5. The van der Waals surface area contributed by atoms with Crippen molar-refractivity contribution in [2.45, 2.75) is 25.7 Å². The van der Waals surface area contributed by atoms with Gasteiger partial charge in [0.15, 0.2) is 0 Å². The first-order valence-corrected chi connectivity index (χ1v) is 13.8. The SMILES string of the molecule is Cc1nccnc1-c1ccc(-c2cc3cnc(Nc4ccc(C5CCN(C)CC5)cc4)nc3n(C)c2=O)c(Cl)c1. The van der Waals surface area contributed by atoms with Crippen molar-refractivity contribution in [3.05, 3.63) is 93.8 Å². The van der Waals surface area contributed by atoms with Gasteiger partial charge in [0.05, 0.1) is 11.4 Å². The van der Waals surface area contributed by atoms with Gasteiger partial charge in [-0.3, -0.25) is 19.3 Å². The topological polar surface area (TPSA) is 88.8 Å². The maximum absolute atomic E-state index is 13.4. The molecule has 0 saturated carbocycles. The van der Waals surface area contributed by atoms with Crippen LogP contribution in [0.5, 0.6) is 0 Å². The van der Waals surface area contributed by atoms with Crippen LogP contribution >= 0.6 is 11.6 Å². The molecule has 6 rings (SSSR count). The van der Waals surface area contributed by atoms with Crippen LogP contribution in [0.4, 0.5) is 11.6 Å². The summed E-state index contributed by atoms with van der Waals surface area (Å²) in [6.07, 6.45) is 7.40. The number of rotatable bonds is 5. The lowest BCUT2D eigenvalue weighted by Crippen LogP contribution is -2.29. The molecule has 0 spiro atoms. The van der Waals surface area contributed by atoms with Gasteiger partial charge >= 0.3 is 0 Å². The number of hydrogen-bond donors (Lipinski definition) is 1. The molecule has 1 aliphatic heterocycles. The van der Waals surface area contributed by atoms with Crippen molar-refractivity contribution >= 4 is 34.3 Å². The van der Waals surface area contributed by atoms with Crippen molar-refractivity contribution in [3.63, 3.8) is 0 Å². The first kappa shape index (κ1) is 26.1. The van der Waals surface area contributed by atoms with Crippen molar-refractivity contribution in [3.8, 4) is 22.4 Å². The van der Waals surface area contributed by atoms with E-state index in [0.29, 0.717) is 33.7 Å². The van der Waals surface area contributed by atoms with Crippen LogP contribution in [-0.2, 0) is 7.05 Å². The summed E-state index contributed by atoms with van der Waals surface area (Å²) >= 11 is 6.68. The summed E-state index contributed by atoms with van der Waals surface area (Å²) < 4.78 is 1.54. The molecular weight excluding hydrogens is 522 g/mol. The molecule has 5 aromatic rings. The van der Waals surface area contributed by atoms with Crippen molar-refractivity contribution in [1.82, 2.24) is 29.4 Å². The van der Waals surface area contributed by atoms with E-state index in [1.54, 1.807) is 31.7 Å². The number of piperidine rings is 1. The van der Waals surface area contributed by atoms with E-state index in [2.05, 4.69) is 61.5 Å². The zero-order valence-electron chi connectivity index (χ0n) is 22.7. The second kappa shape index (κ2) is 10.8. The first-order chi connectivity index (χ1) is 19.4. The van der Waals surface area contributed by atoms with Crippen molar-refractivity contribution in [2.24, 2.45) is 7.05 Å². The van der Waals surface area contributed by atoms with E-state index in [4.69, 9.17) is 11.6 Å². The second-order valence-electron chi connectivity index (χ2n) is 10.4. The van der Waals surface area contributed by atoms with Gasteiger partial charge in [0.1, 0.15) is 5.65 Å². The lowest BCUT2D eigenvalue weighted by molar-refractivity contribution is 0.255. The van der Waals surface area contributed by atoms with Gasteiger partial charge in [-0.2, -0.15) is 4.98 Å². The second-order valence-corrected chi connectivity index (χ2v) is 10.8. The zero-order chi connectivity index (χ0) is 27.8. The number of benzene rings is 2. The molecule has 0 radical (unpaired) electrons. The lowest BCUT2D eigenvalue weighted by Gasteiger charge is -2.29. The largest absolute Gasteiger partial charge is 0.324 e. The number of nitrogens with zero attached hydrogens (tertiary/aromatic N) is 6. The van der Waals surface area contributed by atoms with Crippen LogP contribution in [0.15, 0.2) is 71.9 Å². The molecule has 1 aliphatic rings. The standard InChI is InChI=1S/C31H30ClN7O/c1-19-28(34-13-12-33-19)22-6-9-25(27(32)17-22)26-16-23-18-35-31(37-29(23)39(3)30(26)40)36-24-7-4-20(5-8-24)21-10-14-38(2)15-11-21/h4-9,12-13,16-18,21H,10-11,14-15H2,1-3H3,(H,35,36,37). The highest BCUT2D eigenvalue weighted by Crippen LogP contribution is 2.32. The third-order valence-electron chi connectivity index (χ3n) is 7.72. The normalized spacial score (nSPS) is 14.5. The summed E-state index contributed by atoms with van der Waals surface area (Å²) in [6.45, 7) is 4.17. The minimum absolute atomic E-state index is 0.190. The summed E-state index contributed by atoms with van der Waals surface area (Å²) in [5.74, 6) is 1.04. The lowest BCUT2D eigenvalue weighted by atomic mass is 9.89.